The standard InChI is InChI=1S/C11H16FN3O3/c12-9-7-15(11(17)14-10(9)16)4-3-13-6-8-2-1-5-18-8/h7-8,13H,1-6H2,(H,14,16,17). The first kappa shape index (κ1) is 13.0. The van der Waals surface area contributed by atoms with E-state index in [1.165, 1.54) is 0 Å². The summed E-state index contributed by atoms with van der Waals surface area (Å²) in [5.74, 6) is -0.950. The van der Waals surface area contributed by atoms with Gasteiger partial charge in [0.05, 0.1) is 12.3 Å². The van der Waals surface area contributed by atoms with Crippen molar-refractivity contribution in [3.05, 3.63) is 32.9 Å². The van der Waals surface area contributed by atoms with E-state index in [4.69, 9.17) is 4.74 Å². The van der Waals surface area contributed by atoms with Crippen LogP contribution in [-0.4, -0.2) is 35.4 Å². The summed E-state index contributed by atoms with van der Waals surface area (Å²) in [6.07, 6.45) is 3.28. The van der Waals surface area contributed by atoms with Crippen LogP contribution in [0.2, 0.25) is 0 Å². The number of nitrogens with zero attached hydrogens (tertiary/aromatic N) is 1. The Balaban J connectivity index is 1.81. The third kappa shape index (κ3) is 3.27. The van der Waals surface area contributed by atoms with E-state index in [1.807, 2.05) is 4.98 Å². The van der Waals surface area contributed by atoms with Crippen LogP contribution in [0.15, 0.2) is 15.8 Å². The van der Waals surface area contributed by atoms with Gasteiger partial charge in [-0.1, -0.05) is 0 Å². The van der Waals surface area contributed by atoms with Crippen molar-refractivity contribution in [1.82, 2.24) is 14.9 Å². The minimum absolute atomic E-state index is 0.231. The molecular formula is C11H16FN3O3. The quantitative estimate of drug-likeness (QED) is 0.694. The van der Waals surface area contributed by atoms with Crippen molar-refractivity contribution in [2.75, 3.05) is 19.7 Å². The van der Waals surface area contributed by atoms with Gasteiger partial charge in [-0.2, -0.15) is 4.39 Å². The SMILES string of the molecule is O=c1[nH]c(=O)n(CCNCC2CCCO2)cc1F. The maximum absolute atomic E-state index is 13.0. The van der Waals surface area contributed by atoms with Crippen LogP contribution >= 0.6 is 0 Å². The largest absolute Gasteiger partial charge is 0.377 e. The minimum atomic E-state index is -0.983. The Bertz CT molecular complexity index is 505. The molecule has 18 heavy (non-hydrogen) atoms. The van der Waals surface area contributed by atoms with Crippen LogP contribution in [0.25, 0.3) is 0 Å². The lowest BCUT2D eigenvalue weighted by Gasteiger charge is -2.11. The molecule has 1 unspecified atom stereocenters. The number of ether oxygens (including phenoxy) is 1. The average Bonchev–Trinajstić information content (AvgIpc) is 2.84. The average molecular weight is 257 g/mol. The fourth-order valence-corrected chi connectivity index (χ4v) is 1.92. The summed E-state index contributed by atoms with van der Waals surface area (Å²) in [6.45, 7) is 2.35. The third-order valence-corrected chi connectivity index (χ3v) is 2.89. The molecule has 1 atom stereocenters. The van der Waals surface area contributed by atoms with E-state index in [2.05, 4.69) is 5.32 Å². The van der Waals surface area contributed by atoms with E-state index in [0.29, 0.717) is 13.1 Å². The highest BCUT2D eigenvalue weighted by molar-refractivity contribution is 4.87. The van der Waals surface area contributed by atoms with Crippen LogP contribution in [0.3, 0.4) is 0 Å². The monoisotopic (exact) mass is 257 g/mol. The molecule has 1 saturated heterocycles. The Morgan fingerprint density at radius 3 is 3.11 bits per heavy atom. The Hall–Kier alpha value is -1.47. The van der Waals surface area contributed by atoms with Gasteiger partial charge >= 0.3 is 5.69 Å². The second-order valence-electron chi connectivity index (χ2n) is 4.27. The van der Waals surface area contributed by atoms with Crippen molar-refractivity contribution in [3.63, 3.8) is 0 Å². The molecule has 2 N–H and O–H groups in total. The van der Waals surface area contributed by atoms with E-state index < -0.39 is 17.1 Å². The molecule has 7 heteroatoms. The first-order valence-electron chi connectivity index (χ1n) is 5.98. The molecule has 6 nitrogen and oxygen atoms in total. The second kappa shape index (κ2) is 5.92. The van der Waals surface area contributed by atoms with E-state index in [0.717, 1.165) is 36.8 Å². The number of halogens is 1. The van der Waals surface area contributed by atoms with Crippen LogP contribution < -0.4 is 16.6 Å². The van der Waals surface area contributed by atoms with E-state index in [9.17, 15) is 14.0 Å². The number of hydrogen-bond acceptors (Lipinski definition) is 4. The molecule has 1 aromatic rings. The zero-order chi connectivity index (χ0) is 13.0. The topological polar surface area (TPSA) is 76.1 Å². The summed E-state index contributed by atoms with van der Waals surface area (Å²) >= 11 is 0. The fraction of sp³-hybridized carbons (Fsp3) is 0.636. The molecular weight excluding hydrogens is 241 g/mol. The van der Waals surface area contributed by atoms with Crippen molar-refractivity contribution < 1.29 is 9.13 Å². The Morgan fingerprint density at radius 1 is 1.56 bits per heavy atom. The molecule has 1 fully saturated rings. The van der Waals surface area contributed by atoms with Crippen LogP contribution in [0.4, 0.5) is 4.39 Å². The molecule has 0 spiro atoms. The van der Waals surface area contributed by atoms with Crippen LogP contribution in [0, 0.1) is 5.82 Å². The lowest BCUT2D eigenvalue weighted by atomic mass is 10.2. The maximum Gasteiger partial charge on any atom is 0.328 e. The predicted octanol–water partition coefficient (Wildman–Crippen LogP) is -0.556. The van der Waals surface area contributed by atoms with Crippen molar-refractivity contribution in [2.24, 2.45) is 0 Å². The van der Waals surface area contributed by atoms with Crippen molar-refractivity contribution in [2.45, 2.75) is 25.5 Å². The Kier molecular flexibility index (Phi) is 4.27. The summed E-state index contributed by atoms with van der Waals surface area (Å²) in [5.41, 5.74) is -1.58. The zero-order valence-electron chi connectivity index (χ0n) is 9.95. The van der Waals surface area contributed by atoms with Gasteiger partial charge in [-0.25, -0.2) is 4.79 Å². The molecule has 0 bridgehead atoms. The molecule has 1 aromatic heterocycles. The molecule has 0 aliphatic carbocycles. The smallest absolute Gasteiger partial charge is 0.328 e. The van der Waals surface area contributed by atoms with Crippen molar-refractivity contribution >= 4 is 0 Å². The van der Waals surface area contributed by atoms with E-state index in [-0.39, 0.29) is 6.10 Å². The van der Waals surface area contributed by atoms with Crippen LogP contribution in [0.1, 0.15) is 12.8 Å². The van der Waals surface area contributed by atoms with Crippen LogP contribution in [0.5, 0.6) is 0 Å². The molecule has 2 rings (SSSR count). The summed E-state index contributed by atoms with van der Waals surface area (Å²) < 4.78 is 19.5. The van der Waals surface area contributed by atoms with Gasteiger partial charge in [-0.15, -0.1) is 0 Å². The van der Waals surface area contributed by atoms with Gasteiger partial charge in [-0.05, 0) is 12.8 Å². The number of hydrogen-bond donors (Lipinski definition) is 2. The van der Waals surface area contributed by atoms with Gasteiger partial charge in [0, 0.05) is 26.2 Å². The number of aromatic amines is 1. The molecule has 2 heterocycles. The van der Waals surface area contributed by atoms with Gasteiger partial charge in [0.1, 0.15) is 0 Å². The Morgan fingerprint density at radius 2 is 2.39 bits per heavy atom. The lowest BCUT2D eigenvalue weighted by molar-refractivity contribution is 0.110. The molecule has 0 radical (unpaired) electrons. The zero-order valence-corrected chi connectivity index (χ0v) is 9.95. The summed E-state index contributed by atoms with van der Waals surface area (Å²) in [6, 6.07) is 0. The van der Waals surface area contributed by atoms with Gasteiger partial charge in [-0.3, -0.25) is 14.3 Å². The number of nitrogens with one attached hydrogen (secondary N) is 2. The van der Waals surface area contributed by atoms with Crippen molar-refractivity contribution in [1.29, 1.82) is 0 Å². The Labute approximate surface area is 103 Å². The van der Waals surface area contributed by atoms with Crippen molar-refractivity contribution in [3.8, 4) is 0 Å². The predicted molar refractivity (Wildman–Crippen MR) is 63.1 cm³/mol. The second-order valence-corrected chi connectivity index (χ2v) is 4.27. The minimum Gasteiger partial charge on any atom is -0.377 e. The highest BCUT2D eigenvalue weighted by Crippen LogP contribution is 2.10. The molecule has 0 aromatic carbocycles. The van der Waals surface area contributed by atoms with Gasteiger partial charge in [0.15, 0.2) is 0 Å². The molecule has 1 aliphatic heterocycles. The summed E-state index contributed by atoms with van der Waals surface area (Å²) in [4.78, 5) is 24.1. The molecule has 0 amide bonds. The lowest BCUT2D eigenvalue weighted by Crippen LogP contribution is -2.35. The summed E-state index contributed by atoms with van der Waals surface area (Å²) in [7, 11) is 0. The third-order valence-electron chi connectivity index (χ3n) is 2.89. The summed E-state index contributed by atoms with van der Waals surface area (Å²) in [5, 5.41) is 3.14. The highest BCUT2D eigenvalue weighted by atomic mass is 19.1. The van der Waals surface area contributed by atoms with Crippen LogP contribution in [-0.2, 0) is 11.3 Å². The molecule has 100 valence electrons. The molecule has 1 aliphatic rings. The first-order chi connectivity index (χ1) is 8.66. The van der Waals surface area contributed by atoms with Gasteiger partial charge in [0.2, 0.25) is 5.82 Å². The molecule has 0 saturated carbocycles. The number of rotatable bonds is 5. The number of H-pyrrole nitrogens is 1. The van der Waals surface area contributed by atoms with E-state index >= 15 is 0 Å². The van der Waals surface area contributed by atoms with E-state index in [1.54, 1.807) is 0 Å². The number of aromatic nitrogens is 2. The normalized spacial score (nSPS) is 19.3. The fourth-order valence-electron chi connectivity index (χ4n) is 1.92. The first-order valence-corrected chi connectivity index (χ1v) is 5.98. The highest BCUT2D eigenvalue weighted by Gasteiger charge is 2.14. The maximum atomic E-state index is 13.0. The van der Waals surface area contributed by atoms with Gasteiger partial charge in [0.25, 0.3) is 5.56 Å². The van der Waals surface area contributed by atoms with Gasteiger partial charge < -0.3 is 10.1 Å².